The molecule has 0 saturated carbocycles. The van der Waals surface area contributed by atoms with Crippen molar-refractivity contribution in [2.24, 2.45) is 0 Å². The third-order valence-corrected chi connectivity index (χ3v) is 2.67. The molecule has 1 saturated heterocycles. The van der Waals surface area contributed by atoms with Crippen LogP contribution in [0.5, 0.6) is 0 Å². The number of nitrogens with one attached hydrogen (secondary N) is 2. The average Bonchev–Trinajstić information content (AvgIpc) is 2.62. The van der Waals surface area contributed by atoms with Gasteiger partial charge in [-0.3, -0.25) is 4.79 Å². The van der Waals surface area contributed by atoms with Crippen LogP contribution in [0.4, 0.5) is 20.2 Å². The lowest BCUT2D eigenvalue weighted by molar-refractivity contribution is -0.119. The van der Waals surface area contributed by atoms with E-state index in [0.29, 0.717) is 19.4 Å². The third kappa shape index (κ3) is 2.64. The lowest BCUT2D eigenvalue weighted by Gasteiger charge is -2.13. The van der Waals surface area contributed by atoms with Crippen LogP contribution in [0, 0.1) is 11.6 Å². The molecule has 17 heavy (non-hydrogen) atoms. The molecule has 1 atom stereocenters. The summed E-state index contributed by atoms with van der Waals surface area (Å²) in [5.41, 5.74) is 5.13. The van der Waals surface area contributed by atoms with Gasteiger partial charge < -0.3 is 16.4 Å². The second-order valence-corrected chi connectivity index (χ2v) is 4.04. The van der Waals surface area contributed by atoms with Gasteiger partial charge in [0.1, 0.15) is 5.69 Å². The third-order valence-electron chi connectivity index (χ3n) is 2.67. The molecule has 0 bridgehead atoms. The summed E-state index contributed by atoms with van der Waals surface area (Å²) in [5.74, 6) is -1.49. The molecule has 1 aliphatic rings. The number of amides is 1. The van der Waals surface area contributed by atoms with Gasteiger partial charge in [-0.1, -0.05) is 0 Å². The number of hydrogen-bond acceptors (Lipinski definition) is 3. The number of benzene rings is 1. The van der Waals surface area contributed by atoms with Gasteiger partial charge in [0.2, 0.25) is 5.91 Å². The number of nitrogens with two attached hydrogens (primary N) is 1. The summed E-state index contributed by atoms with van der Waals surface area (Å²) in [7, 11) is 0. The molecule has 0 aliphatic carbocycles. The fourth-order valence-electron chi connectivity index (χ4n) is 1.82. The van der Waals surface area contributed by atoms with Gasteiger partial charge in [-0.15, -0.1) is 0 Å². The molecule has 4 nitrogen and oxygen atoms in total. The first kappa shape index (κ1) is 11.6. The van der Waals surface area contributed by atoms with Gasteiger partial charge in [0.15, 0.2) is 11.6 Å². The van der Waals surface area contributed by atoms with E-state index in [4.69, 9.17) is 5.73 Å². The van der Waals surface area contributed by atoms with Crippen LogP contribution in [0.25, 0.3) is 0 Å². The van der Waals surface area contributed by atoms with Crippen molar-refractivity contribution < 1.29 is 13.6 Å². The summed E-state index contributed by atoms with van der Waals surface area (Å²) < 4.78 is 26.8. The van der Waals surface area contributed by atoms with Crippen LogP contribution >= 0.6 is 0 Å². The minimum absolute atomic E-state index is 0.0324. The number of carbonyl (C=O) groups is 1. The van der Waals surface area contributed by atoms with Crippen molar-refractivity contribution in [2.75, 3.05) is 17.6 Å². The molecular formula is C11H13F2N3O. The Labute approximate surface area is 97.2 Å². The highest BCUT2D eigenvalue weighted by molar-refractivity contribution is 5.78. The Morgan fingerprint density at radius 3 is 2.59 bits per heavy atom. The molecule has 1 heterocycles. The second-order valence-electron chi connectivity index (χ2n) is 4.04. The fraction of sp³-hybridized carbons (Fsp3) is 0.364. The molecule has 4 N–H and O–H groups in total. The Bertz CT molecular complexity index is 427. The Hall–Kier alpha value is -1.85. The monoisotopic (exact) mass is 241 g/mol. The van der Waals surface area contributed by atoms with Gasteiger partial charge in [0.25, 0.3) is 0 Å². The lowest BCUT2D eigenvalue weighted by atomic mass is 10.2. The van der Waals surface area contributed by atoms with E-state index in [0.717, 1.165) is 12.1 Å². The van der Waals surface area contributed by atoms with Crippen molar-refractivity contribution in [3.63, 3.8) is 0 Å². The highest BCUT2D eigenvalue weighted by Crippen LogP contribution is 2.22. The molecule has 2 rings (SSSR count). The highest BCUT2D eigenvalue weighted by Gasteiger charge is 2.21. The van der Waals surface area contributed by atoms with Crippen molar-refractivity contribution in [3.8, 4) is 0 Å². The predicted octanol–water partition coefficient (Wildman–Crippen LogP) is 1.24. The van der Waals surface area contributed by atoms with E-state index < -0.39 is 11.6 Å². The molecule has 0 aromatic heterocycles. The van der Waals surface area contributed by atoms with Gasteiger partial charge in [0, 0.05) is 24.7 Å². The standard InChI is InChI=1S/C11H13F2N3O/c12-8-3-6(14)4-9(13)11(8)15-5-7-1-2-10(17)16-7/h3-4,7,15H,1-2,5,14H2,(H,16,17). The maximum atomic E-state index is 13.4. The van der Waals surface area contributed by atoms with Crippen molar-refractivity contribution in [1.82, 2.24) is 5.32 Å². The smallest absolute Gasteiger partial charge is 0.220 e. The van der Waals surface area contributed by atoms with Crippen LogP contribution in [0.3, 0.4) is 0 Å². The maximum Gasteiger partial charge on any atom is 0.220 e. The zero-order valence-electron chi connectivity index (χ0n) is 9.09. The van der Waals surface area contributed by atoms with Gasteiger partial charge in [-0.05, 0) is 18.6 Å². The molecule has 1 amide bonds. The van der Waals surface area contributed by atoms with Crippen LogP contribution in [-0.2, 0) is 4.79 Å². The van der Waals surface area contributed by atoms with Gasteiger partial charge in [0.05, 0.1) is 0 Å². The van der Waals surface area contributed by atoms with E-state index in [2.05, 4.69) is 10.6 Å². The minimum atomic E-state index is -0.730. The summed E-state index contributed by atoms with van der Waals surface area (Å²) in [5, 5.41) is 5.35. The predicted molar refractivity (Wildman–Crippen MR) is 60.4 cm³/mol. The fourth-order valence-corrected chi connectivity index (χ4v) is 1.82. The Morgan fingerprint density at radius 2 is 2.06 bits per heavy atom. The summed E-state index contributed by atoms with van der Waals surface area (Å²) in [6, 6.07) is 2.02. The first-order chi connectivity index (χ1) is 8.06. The molecule has 1 aliphatic heterocycles. The van der Waals surface area contributed by atoms with Crippen molar-refractivity contribution >= 4 is 17.3 Å². The van der Waals surface area contributed by atoms with Crippen molar-refractivity contribution in [1.29, 1.82) is 0 Å². The largest absolute Gasteiger partial charge is 0.399 e. The molecule has 6 heteroatoms. The van der Waals surface area contributed by atoms with E-state index in [1.54, 1.807) is 0 Å². The molecule has 0 radical (unpaired) electrons. The average molecular weight is 241 g/mol. The number of carbonyl (C=O) groups excluding carboxylic acids is 1. The molecule has 1 unspecified atom stereocenters. The molecule has 1 aromatic carbocycles. The number of halogens is 2. The summed E-state index contributed by atoms with van der Waals surface area (Å²) in [6.07, 6.45) is 1.13. The van der Waals surface area contributed by atoms with Gasteiger partial charge in [-0.25, -0.2) is 8.78 Å². The molecular weight excluding hydrogens is 228 g/mol. The SMILES string of the molecule is Nc1cc(F)c(NCC2CCC(=O)N2)c(F)c1. The topological polar surface area (TPSA) is 67.1 Å². The quantitative estimate of drug-likeness (QED) is 0.697. The first-order valence-corrected chi connectivity index (χ1v) is 5.34. The van der Waals surface area contributed by atoms with E-state index >= 15 is 0 Å². The van der Waals surface area contributed by atoms with Gasteiger partial charge >= 0.3 is 0 Å². The van der Waals surface area contributed by atoms with Crippen molar-refractivity contribution in [3.05, 3.63) is 23.8 Å². The summed E-state index contributed by atoms with van der Waals surface area (Å²) in [6.45, 7) is 0.295. The van der Waals surface area contributed by atoms with E-state index in [1.165, 1.54) is 0 Å². The number of nitrogen functional groups attached to an aromatic ring is 1. The van der Waals surface area contributed by atoms with Crippen LogP contribution in [0.1, 0.15) is 12.8 Å². The van der Waals surface area contributed by atoms with E-state index in [-0.39, 0.29) is 23.3 Å². The second kappa shape index (κ2) is 4.57. The van der Waals surface area contributed by atoms with Crippen LogP contribution < -0.4 is 16.4 Å². The normalized spacial score (nSPS) is 19.2. The maximum absolute atomic E-state index is 13.4. The summed E-state index contributed by atoms with van der Waals surface area (Å²) >= 11 is 0. The molecule has 0 spiro atoms. The summed E-state index contributed by atoms with van der Waals surface area (Å²) in [4.78, 5) is 10.9. The number of anilines is 2. The van der Waals surface area contributed by atoms with Crippen LogP contribution in [0.15, 0.2) is 12.1 Å². The Morgan fingerprint density at radius 1 is 1.41 bits per heavy atom. The Kier molecular flexibility index (Phi) is 3.12. The molecule has 1 fully saturated rings. The zero-order chi connectivity index (χ0) is 12.4. The van der Waals surface area contributed by atoms with Gasteiger partial charge in [-0.2, -0.15) is 0 Å². The Balaban J connectivity index is 2.01. The molecule has 92 valence electrons. The minimum Gasteiger partial charge on any atom is -0.399 e. The van der Waals surface area contributed by atoms with Crippen LogP contribution in [-0.4, -0.2) is 18.5 Å². The highest BCUT2D eigenvalue weighted by atomic mass is 19.1. The van der Waals surface area contributed by atoms with E-state index in [9.17, 15) is 13.6 Å². The number of rotatable bonds is 3. The first-order valence-electron chi connectivity index (χ1n) is 5.34. The molecule has 1 aromatic rings. The van der Waals surface area contributed by atoms with Crippen molar-refractivity contribution in [2.45, 2.75) is 18.9 Å². The zero-order valence-corrected chi connectivity index (χ0v) is 9.09. The lowest BCUT2D eigenvalue weighted by Crippen LogP contribution is -2.32. The van der Waals surface area contributed by atoms with E-state index in [1.807, 2.05) is 0 Å². The van der Waals surface area contributed by atoms with Crippen LogP contribution in [0.2, 0.25) is 0 Å². The number of hydrogen-bond donors (Lipinski definition) is 3.